The molecular weight excluding hydrogens is 381 g/mol. The maximum absolute atomic E-state index is 13.7. The van der Waals surface area contributed by atoms with E-state index in [4.69, 9.17) is 0 Å². The molecule has 4 rings (SSSR count). The number of nitrogens with zero attached hydrogens (tertiary/aromatic N) is 1. The van der Waals surface area contributed by atoms with Gasteiger partial charge in [-0.15, -0.1) is 0 Å². The van der Waals surface area contributed by atoms with Gasteiger partial charge in [-0.1, -0.05) is 49.4 Å². The maximum Gasteiger partial charge on any atom is 0.295 e. The molecule has 0 aliphatic carbocycles. The van der Waals surface area contributed by atoms with Crippen LogP contribution in [0.5, 0.6) is 0 Å². The van der Waals surface area contributed by atoms with Gasteiger partial charge < -0.3 is 10.0 Å². The molecule has 1 unspecified atom stereocenters. The third kappa shape index (κ3) is 3.16. The van der Waals surface area contributed by atoms with E-state index in [1.807, 2.05) is 49.4 Å². The summed E-state index contributed by atoms with van der Waals surface area (Å²) in [7, 11) is 0. The Balaban J connectivity index is 1.98. The summed E-state index contributed by atoms with van der Waals surface area (Å²) in [5.74, 6) is -2.03. The van der Waals surface area contributed by atoms with Crippen LogP contribution < -0.4 is 0 Å². The Bertz CT molecular complexity index is 1190. The number of rotatable bonds is 4. The molecule has 3 aromatic carbocycles. The molecule has 1 aliphatic rings. The van der Waals surface area contributed by atoms with Crippen molar-refractivity contribution in [3.63, 3.8) is 0 Å². The summed E-state index contributed by atoms with van der Waals surface area (Å²) in [6, 6.07) is 16.9. The zero-order valence-electron chi connectivity index (χ0n) is 16.9. The molecule has 1 atom stereocenters. The van der Waals surface area contributed by atoms with Crippen LogP contribution in [0.15, 0.2) is 66.2 Å². The molecule has 30 heavy (non-hydrogen) atoms. The van der Waals surface area contributed by atoms with Crippen LogP contribution in [0.1, 0.15) is 36.1 Å². The molecule has 1 heterocycles. The van der Waals surface area contributed by atoms with Crippen LogP contribution in [0, 0.1) is 12.7 Å². The van der Waals surface area contributed by atoms with E-state index in [9.17, 15) is 19.1 Å². The predicted octanol–water partition coefficient (Wildman–Crippen LogP) is 5.12. The first kappa shape index (κ1) is 19.8. The highest BCUT2D eigenvalue weighted by Gasteiger charge is 2.46. The second kappa shape index (κ2) is 7.75. The van der Waals surface area contributed by atoms with Crippen LogP contribution in [0.25, 0.3) is 16.5 Å². The van der Waals surface area contributed by atoms with Crippen molar-refractivity contribution in [3.8, 4) is 0 Å². The number of aliphatic hydroxyl groups is 1. The van der Waals surface area contributed by atoms with Crippen LogP contribution in [0.4, 0.5) is 4.39 Å². The normalized spacial score (nSPS) is 18.4. The first-order valence-electron chi connectivity index (χ1n) is 9.96. The average molecular weight is 403 g/mol. The molecule has 3 aromatic rings. The van der Waals surface area contributed by atoms with E-state index in [1.165, 1.54) is 23.1 Å². The molecule has 4 nitrogen and oxygen atoms in total. The van der Waals surface area contributed by atoms with E-state index in [-0.39, 0.29) is 11.3 Å². The van der Waals surface area contributed by atoms with E-state index in [2.05, 4.69) is 0 Å². The lowest BCUT2D eigenvalue weighted by Gasteiger charge is -2.26. The van der Waals surface area contributed by atoms with Crippen LogP contribution >= 0.6 is 0 Å². The van der Waals surface area contributed by atoms with E-state index >= 15 is 0 Å². The van der Waals surface area contributed by atoms with Gasteiger partial charge in [-0.2, -0.15) is 0 Å². The third-order valence-electron chi connectivity index (χ3n) is 5.55. The minimum atomic E-state index is -0.721. The van der Waals surface area contributed by atoms with Gasteiger partial charge in [-0.25, -0.2) is 4.39 Å². The highest BCUT2D eigenvalue weighted by Crippen LogP contribution is 2.41. The Hall–Kier alpha value is -3.47. The van der Waals surface area contributed by atoms with Gasteiger partial charge in [0, 0.05) is 12.1 Å². The molecule has 1 saturated heterocycles. The number of ketones is 1. The van der Waals surface area contributed by atoms with Crippen LogP contribution in [0.2, 0.25) is 0 Å². The van der Waals surface area contributed by atoms with E-state index < -0.39 is 23.5 Å². The molecule has 0 bridgehead atoms. The van der Waals surface area contributed by atoms with Gasteiger partial charge in [0.05, 0.1) is 11.6 Å². The molecule has 0 saturated carbocycles. The van der Waals surface area contributed by atoms with Gasteiger partial charge in [0.15, 0.2) is 0 Å². The Morgan fingerprint density at radius 3 is 2.53 bits per heavy atom. The van der Waals surface area contributed by atoms with Gasteiger partial charge in [0.25, 0.3) is 11.7 Å². The number of carbonyl (C=O) groups excluding carboxylic acids is 2. The van der Waals surface area contributed by atoms with Crippen molar-refractivity contribution in [2.45, 2.75) is 26.3 Å². The average Bonchev–Trinajstić information content (AvgIpc) is 3.00. The quantitative estimate of drug-likeness (QED) is 0.374. The molecule has 1 N–H and O–H groups in total. The smallest absolute Gasteiger partial charge is 0.295 e. The topological polar surface area (TPSA) is 57.6 Å². The summed E-state index contributed by atoms with van der Waals surface area (Å²) >= 11 is 0. The minimum Gasteiger partial charge on any atom is -0.507 e. The Morgan fingerprint density at radius 1 is 1.07 bits per heavy atom. The third-order valence-corrected chi connectivity index (χ3v) is 5.55. The Kier molecular flexibility index (Phi) is 5.12. The molecule has 152 valence electrons. The highest BCUT2D eigenvalue weighted by molar-refractivity contribution is 6.46. The number of likely N-dealkylation sites (tertiary alicyclic amines) is 1. The van der Waals surface area contributed by atoms with Crippen molar-refractivity contribution in [1.82, 2.24) is 4.90 Å². The summed E-state index contributed by atoms with van der Waals surface area (Å²) in [4.78, 5) is 27.4. The van der Waals surface area contributed by atoms with Gasteiger partial charge in [0.1, 0.15) is 11.6 Å². The highest BCUT2D eigenvalue weighted by atomic mass is 19.1. The molecule has 0 aromatic heterocycles. The van der Waals surface area contributed by atoms with Crippen LogP contribution in [0.3, 0.4) is 0 Å². The SMILES string of the molecule is CCCN1C(=O)C(=O)/C(=C(\O)c2ccc(F)c(C)c2)C1c1cccc2ccccc12. The number of fused-ring (bicyclic) bond motifs is 1. The maximum atomic E-state index is 13.7. The van der Waals surface area contributed by atoms with Crippen molar-refractivity contribution in [1.29, 1.82) is 0 Å². The number of amides is 1. The van der Waals surface area contributed by atoms with Gasteiger partial charge >= 0.3 is 0 Å². The monoisotopic (exact) mass is 403 g/mol. The van der Waals surface area contributed by atoms with E-state index in [0.717, 1.165) is 16.3 Å². The summed E-state index contributed by atoms with van der Waals surface area (Å²) in [6.07, 6.45) is 0.671. The number of Topliss-reactive ketones (excluding diaryl/α,β-unsaturated/α-hetero) is 1. The van der Waals surface area contributed by atoms with Gasteiger partial charge in [-0.3, -0.25) is 9.59 Å². The number of hydrogen-bond donors (Lipinski definition) is 1. The molecular formula is C25H22FNO3. The lowest BCUT2D eigenvalue weighted by atomic mass is 9.91. The predicted molar refractivity (Wildman–Crippen MR) is 114 cm³/mol. The number of halogens is 1. The van der Waals surface area contributed by atoms with Crippen LogP contribution in [-0.2, 0) is 9.59 Å². The van der Waals surface area contributed by atoms with Crippen molar-refractivity contribution < 1.29 is 19.1 Å². The first-order chi connectivity index (χ1) is 14.4. The Morgan fingerprint density at radius 2 is 1.80 bits per heavy atom. The minimum absolute atomic E-state index is 0.0378. The number of benzene rings is 3. The van der Waals surface area contributed by atoms with Crippen molar-refractivity contribution in [3.05, 3.63) is 88.7 Å². The number of hydrogen-bond acceptors (Lipinski definition) is 3. The summed E-state index contributed by atoms with van der Waals surface area (Å²) in [6.45, 7) is 3.91. The summed E-state index contributed by atoms with van der Waals surface area (Å²) in [5, 5.41) is 13.0. The fourth-order valence-electron chi connectivity index (χ4n) is 4.11. The molecule has 1 fully saturated rings. The second-order valence-electron chi connectivity index (χ2n) is 7.52. The van der Waals surface area contributed by atoms with E-state index in [0.29, 0.717) is 24.1 Å². The fourth-order valence-corrected chi connectivity index (χ4v) is 4.11. The van der Waals surface area contributed by atoms with Crippen molar-refractivity contribution in [2.24, 2.45) is 0 Å². The lowest BCUT2D eigenvalue weighted by Crippen LogP contribution is -2.30. The van der Waals surface area contributed by atoms with Crippen LogP contribution in [-0.4, -0.2) is 28.2 Å². The zero-order valence-corrected chi connectivity index (χ0v) is 16.9. The molecule has 0 spiro atoms. The van der Waals surface area contributed by atoms with Gasteiger partial charge in [0.2, 0.25) is 0 Å². The van der Waals surface area contributed by atoms with Crippen molar-refractivity contribution in [2.75, 3.05) is 6.54 Å². The Labute approximate surface area is 174 Å². The van der Waals surface area contributed by atoms with E-state index in [1.54, 1.807) is 6.92 Å². The first-order valence-corrected chi connectivity index (χ1v) is 9.96. The zero-order chi connectivity index (χ0) is 21.4. The summed E-state index contributed by atoms with van der Waals surface area (Å²) in [5.41, 5.74) is 1.48. The molecule has 1 aliphatic heterocycles. The lowest BCUT2D eigenvalue weighted by molar-refractivity contribution is -0.139. The molecule has 5 heteroatoms. The van der Waals surface area contributed by atoms with Gasteiger partial charge in [-0.05, 0) is 53.4 Å². The second-order valence-corrected chi connectivity index (χ2v) is 7.52. The largest absolute Gasteiger partial charge is 0.507 e. The number of carbonyl (C=O) groups is 2. The number of aryl methyl sites for hydroxylation is 1. The number of aliphatic hydroxyl groups excluding tert-OH is 1. The molecule has 1 amide bonds. The molecule has 0 radical (unpaired) electrons. The van der Waals surface area contributed by atoms with Crippen molar-refractivity contribution >= 4 is 28.2 Å². The summed E-state index contributed by atoms with van der Waals surface area (Å²) < 4.78 is 13.7. The fraction of sp³-hybridized carbons (Fsp3) is 0.200. The standard InChI is InChI=1S/C25H22FNO3/c1-3-13-27-22(19-10-6-8-16-7-4-5-9-18(16)19)21(24(29)25(27)30)23(28)17-11-12-20(26)15(2)14-17/h4-12,14,22,28H,3,13H2,1-2H3/b23-21-.